The summed E-state index contributed by atoms with van der Waals surface area (Å²) in [6.07, 6.45) is 3.69. The van der Waals surface area contributed by atoms with Crippen molar-refractivity contribution in [2.24, 2.45) is 5.73 Å². The summed E-state index contributed by atoms with van der Waals surface area (Å²) < 4.78 is 1.08. The minimum atomic E-state index is -0.130. The van der Waals surface area contributed by atoms with E-state index in [0.717, 1.165) is 26.4 Å². The fourth-order valence-corrected chi connectivity index (χ4v) is 3.05. The van der Waals surface area contributed by atoms with Gasteiger partial charge in [0.15, 0.2) is 0 Å². The van der Waals surface area contributed by atoms with Crippen LogP contribution in [0.1, 0.15) is 22.7 Å². The van der Waals surface area contributed by atoms with E-state index in [4.69, 9.17) is 5.73 Å². The highest BCUT2D eigenvalue weighted by molar-refractivity contribution is 9.10. The van der Waals surface area contributed by atoms with Gasteiger partial charge in [-0.2, -0.15) is 0 Å². The Bertz CT molecular complexity index is 763. The molecule has 3 heteroatoms. The van der Waals surface area contributed by atoms with E-state index in [1.807, 2.05) is 30.6 Å². The molecule has 3 rings (SSSR count). The molecule has 0 aliphatic carbocycles. The molecule has 0 radical (unpaired) electrons. The average Bonchev–Trinajstić information content (AvgIpc) is 2.46. The van der Waals surface area contributed by atoms with E-state index in [2.05, 4.69) is 52.1 Å². The fourth-order valence-electron chi connectivity index (χ4n) is 2.57. The molecule has 0 amide bonds. The van der Waals surface area contributed by atoms with E-state index >= 15 is 0 Å². The third-order valence-corrected chi connectivity index (χ3v) is 4.11. The van der Waals surface area contributed by atoms with Gasteiger partial charge in [-0.25, -0.2) is 0 Å². The number of aromatic nitrogens is 1. The third kappa shape index (κ3) is 2.35. The second-order valence-electron chi connectivity index (χ2n) is 4.92. The number of fused-ring (bicyclic) bond motifs is 1. The van der Waals surface area contributed by atoms with Crippen LogP contribution in [0.4, 0.5) is 0 Å². The van der Waals surface area contributed by atoms with Crippen LogP contribution in [0.15, 0.2) is 59.3 Å². The van der Waals surface area contributed by atoms with Gasteiger partial charge in [0.25, 0.3) is 0 Å². The number of hydrogen-bond donors (Lipinski definition) is 1. The van der Waals surface area contributed by atoms with Gasteiger partial charge in [-0.05, 0) is 47.2 Å². The largest absolute Gasteiger partial charge is 0.320 e. The minimum Gasteiger partial charge on any atom is -0.320 e. The van der Waals surface area contributed by atoms with Gasteiger partial charge in [0.1, 0.15) is 0 Å². The number of hydrogen-bond acceptors (Lipinski definition) is 2. The molecule has 0 fully saturated rings. The van der Waals surface area contributed by atoms with Gasteiger partial charge in [0.2, 0.25) is 0 Å². The number of halogens is 1. The molecule has 0 saturated heterocycles. The Balaban J connectivity index is 2.15. The maximum absolute atomic E-state index is 6.50. The van der Waals surface area contributed by atoms with Crippen molar-refractivity contribution >= 4 is 26.7 Å². The lowest BCUT2D eigenvalue weighted by Gasteiger charge is -2.17. The Hall–Kier alpha value is -1.71. The molecule has 1 atom stereocenters. The standard InChI is InChI=1S/C17H15BrN2/c1-11-9-13(18)5-6-14(11)17(19)16-4-2-3-12-10-20-8-7-15(12)16/h2-10,17H,19H2,1H3. The maximum Gasteiger partial charge on any atom is 0.0560 e. The molecule has 0 aliphatic rings. The molecule has 0 bridgehead atoms. The summed E-state index contributed by atoms with van der Waals surface area (Å²) in [5.74, 6) is 0. The Labute approximate surface area is 126 Å². The Morgan fingerprint density at radius 2 is 1.95 bits per heavy atom. The van der Waals surface area contributed by atoms with Crippen LogP contribution in [0.3, 0.4) is 0 Å². The van der Waals surface area contributed by atoms with Crippen LogP contribution in [-0.2, 0) is 0 Å². The second kappa shape index (κ2) is 5.35. The fraction of sp³-hybridized carbons (Fsp3) is 0.118. The van der Waals surface area contributed by atoms with Crippen molar-refractivity contribution in [2.45, 2.75) is 13.0 Å². The lowest BCUT2D eigenvalue weighted by molar-refractivity contribution is 0.870. The Morgan fingerprint density at radius 1 is 1.10 bits per heavy atom. The number of pyridine rings is 1. The molecule has 2 N–H and O–H groups in total. The molecule has 1 heterocycles. The number of benzene rings is 2. The van der Waals surface area contributed by atoms with Crippen LogP contribution in [0.5, 0.6) is 0 Å². The van der Waals surface area contributed by atoms with Gasteiger partial charge in [-0.3, -0.25) is 4.98 Å². The van der Waals surface area contributed by atoms with Crippen molar-refractivity contribution in [1.29, 1.82) is 0 Å². The lowest BCUT2D eigenvalue weighted by Crippen LogP contribution is -2.13. The summed E-state index contributed by atoms with van der Waals surface area (Å²) in [5, 5.41) is 2.28. The monoisotopic (exact) mass is 326 g/mol. The molecular formula is C17H15BrN2. The molecule has 0 spiro atoms. The predicted molar refractivity (Wildman–Crippen MR) is 86.7 cm³/mol. The SMILES string of the molecule is Cc1cc(Br)ccc1C(N)c1cccc2cnccc12. The molecule has 20 heavy (non-hydrogen) atoms. The average molecular weight is 327 g/mol. The van der Waals surface area contributed by atoms with Crippen molar-refractivity contribution in [2.75, 3.05) is 0 Å². The summed E-state index contributed by atoms with van der Waals surface area (Å²) >= 11 is 3.49. The quantitative estimate of drug-likeness (QED) is 0.760. The normalized spacial score (nSPS) is 12.6. The first-order valence-corrected chi connectivity index (χ1v) is 7.30. The predicted octanol–water partition coefficient (Wildman–Crippen LogP) is 4.35. The van der Waals surface area contributed by atoms with Crippen molar-refractivity contribution in [3.63, 3.8) is 0 Å². The van der Waals surface area contributed by atoms with E-state index < -0.39 is 0 Å². The first-order valence-electron chi connectivity index (χ1n) is 6.51. The van der Waals surface area contributed by atoms with Gasteiger partial charge in [-0.15, -0.1) is 0 Å². The lowest BCUT2D eigenvalue weighted by atomic mass is 9.93. The molecule has 1 aromatic heterocycles. The Morgan fingerprint density at radius 3 is 2.75 bits per heavy atom. The van der Waals surface area contributed by atoms with Crippen molar-refractivity contribution in [1.82, 2.24) is 4.98 Å². The summed E-state index contributed by atoms with van der Waals surface area (Å²) in [6.45, 7) is 2.09. The summed E-state index contributed by atoms with van der Waals surface area (Å²) in [4.78, 5) is 4.17. The topological polar surface area (TPSA) is 38.9 Å². The van der Waals surface area contributed by atoms with Crippen molar-refractivity contribution < 1.29 is 0 Å². The first-order chi connectivity index (χ1) is 9.66. The van der Waals surface area contributed by atoms with Gasteiger partial charge in [-0.1, -0.05) is 40.2 Å². The third-order valence-electron chi connectivity index (χ3n) is 3.62. The van der Waals surface area contributed by atoms with E-state index in [-0.39, 0.29) is 6.04 Å². The molecule has 0 aliphatic heterocycles. The van der Waals surface area contributed by atoms with Crippen LogP contribution < -0.4 is 5.73 Å². The van der Waals surface area contributed by atoms with Crippen LogP contribution in [0.2, 0.25) is 0 Å². The maximum atomic E-state index is 6.50. The number of nitrogens with two attached hydrogens (primary N) is 1. The zero-order valence-corrected chi connectivity index (χ0v) is 12.8. The molecular weight excluding hydrogens is 312 g/mol. The highest BCUT2D eigenvalue weighted by Gasteiger charge is 2.14. The highest BCUT2D eigenvalue weighted by Crippen LogP contribution is 2.29. The van der Waals surface area contributed by atoms with Crippen molar-refractivity contribution in [3.05, 3.63) is 76.0 Å². The molecule has 2 aromatic carbocycles. The van der Waals surface area contributed by atoms with Gasteiger partial charge < -0.3 is 5.73 Å². The van der Waals surface area contributed by atoms with E-state index in [9.17, 15) is 0 Å². The van der Waals surface area contributed by atoms with Gasteiger partial charge >= 0.3 is 0 Å². The summed E-state index contributed by atoms with van der Waals surface area (Å²) in [6, 6.07) is 14.3. The Kier molecular flexibility index (Phi) is 3.55. The summed E-state index contributed by atoms with van der Waals surface area (Å²) in [7, 11) is 0. The first kappa shape index (κ1) is 13.3. The second-order valence-corrected chi connectivity index (χ2v) is 5.84. The number of nitrogens with zero attached hydrogens (tertiary/aromatic N) is 1. The van der Waals surface area contributed by atoms with E-state index in [0.29, 0.717) is 0 Å². The van der Waals surface area contributed by atoms with E-state index in [1.54, 1.807) is 0 Å². The molecule has 1 unspecified atom stereocenters. The summed E-state index contributed by atoms with van der Waals surface area (Å²) in [5.41, 5.74) is 9.98. The molecule has 0 saturated carbocycles. The highest BCUT2D eigenvalue weighted by atomic mass is 79.9. The van der Waals surface area contributed by atoms with Crippen LogP contribution in [0, 0.1) is 6.92 Å². The van der Waals surface area contributed by atoms with Crippen LogP contribution in [0.25, 0.3) is 10.8 Å². The molecule has 2 nitrogen and oxygen atoms in total. The van der Waals surface area contributed by atoms with Gasteiger partial charge in [0, 0.05) is 22.3 Å². The van der Waals surface area contributed by atoms with Crippen LogP contribution >= 0.6 is 15.9 Å². The van der Waals surface area contributed by atoms with Crippen molar-refractivity contribution in [3.8, 4) is 0 Å². The molecule has 3 aromatic rings. The van der Waals surface area contributed by atoms with Crippen LogP contribution in [-0.4, -0.2) is 4.98 Å². The number of rotatable bonds is 2. The zero-order chi connectivity index (χ0) is 14.1. The zero-order valence-electron chi connectivity index (χ0n) is 11.2. The number of aryl methyl sites for hydroxylation is 1. The smallest absolute Gasteiger partial charge is 0.0560 e. The molecule has 100 valence electrons. The minimum absolute atomic E-state index is 0.130. The van der Waals surface area contributed by atoms with Gasteiger partial charge in [0.05, 0.1) is 6.04 Å². The van der Waals surface area contributed by atoms with E-state index in [1.165, 1.54) is 5.56 Å².